The molecule has 2 heterocycles. The van der Waals surface area contributed by atoms with Crippen LogP contribution in [0, 0.1) is 0 Å². The molecule has 1 amide bonds. The van der Waals surface area contributed by atoms with Crippen molar-refractivity contribution in [3.63, 3.8) is 0 Å². The normalized spacial score (nSPS) is 15.2. The minimum Gasteiger partial charge on any atom is -0.507 e. The number of tetrazole rings is 1. The summed E-state index contributed by atoms with van der Waals surface area (Å²) < 4.78 is 37.1. The number of esters is 1. The molecule has 0 spiro atoms. The van der Waals surface area contributed by atoms with E-state index in [0.29, 0.717) is 31.6 Å². The standard InChI is InChI=1S/C47H45F2N5O4/c48-47(49,38-25-13-6-14-26-38)42(58-45(57)40-27-16-17-28-41(40)55)32-30-39-31-33-44(56)53(39)34-18-2-1-15-29-43-50-52-54(51-43)46(35-19-7-3-8-20-35,36-21-9-4-10-22-36)37-23-11-5-12-24-37/h3-14,16-17,19-28,30,32,39,42,55H,1-2,15,18,29,31,33-34H2/t39-,42+/m0/s1. The lowest BCUT2D eigenvalue weighted by molar-refractivity contribution is -0.128. The number of halogens is 2. The van der Waals surface area contributed by atoms with E-state index >= 15 is 8.78 Å². The van der Waals surface area contributed by atoms with Crippen molar-refractivity contribution in [3.8, 4) is 5.75 Å². The Hall–Kier alpha value is -6.49. The average Bonchev–Trinajstić information content (AvgIpc) is 3.88. The molecule has 1 aliphatic heterocycles. The maximum Gasteiger partial charge on any atom is 0.342 e. The molecule has 11 heteroatoms. The van der Waals surface area contributed by atoms with Crippen molar-refractivity contribution in [1.29, 1.82) is 0 Å². The molecule has 296 valence electrons. The second-order valence-electron chi connectivity index (χ2n) is 14.4. The molecule has 0 unspecified atom stereocenters. The van der Waals surface area contributed by atoms with Crippen LogP contribution in [0.15, 0.2) is 158 Å². The number of aromatic hydroxyl groups is 1. The first-order valence-corrected chi connectivity index (χ1v) is 19.6. The number of unbranched alkanes of at least 4 members (excludes halogenated alkanes) is 3. The Kier molecular flexibility index (Phi) is 12.5. The number of benzene rings is 5. The topological polar surface area (TPSA) is 110 Å². The van der Waals surface area contributed by atoms with Gasteiger partial charge in [0.05, 0.1) is 6.04 Å². The second-order valence-corrected chi connectivity index (χ2v) is 14.4. The molecule has 0 bridgehead atoms. The van der Waals surface area contributed by atoms with Crippen LogP contribution in [0.2, 0.25) is 0 Å². The Bertz CT molecular complexity index is 2190. The fraction of sp³-hybridized carbons (Fsp3) is 0.255. The first-order valence-electron chi connectivity index (χ1n) is 19.6. The highest BCUT2D eigenvalue weighted by molar-refractivity contribution is 5.92. The van der Waals surface area contributed by atoms with Crippen molar-refractivity contribution < 1.29 is 28.2 Å². The number of nitrogens with zero attached hydrogens (tertiary/aromatic N) is 5. The zero-order chi connectivity index (χ0) is 40.4. The van der Waals surface area contributed by atoms with Gasteiger partial charge in [-0.15, -0.1) is 15.0 Å². The van der Waals surface area contributed by atoms with Gasteiger partial charge in [0, 0.05) is 24.9 Å². The first kappa shape index (κ1) is 39.7. The molecule has 0 aliphatic carbocycles. The molecule has 0 radical (unpaired) electrons. The molecule has 7 rings (SSSR count). The summed E-state index contributed by atoms with van der Waals surface area (Å²) in [6, 6.07) is 42.9. The van der Waals surface area contributed by atoms with Crippen LogP contribution in [0.25, 0.3) is 0 Å². The molecule has 1 saturated heterocycles. The Balaban J connectivity index is 0.987. The molecule has 2 atom stereocenters. The minimum absolute atomic E-state index is 0.0493. The van der Waals surface area contributed by atoms with Gasteiger partial charge in [-0.25, -0.2) is 4.79 Å². The Labute approximate surface area is 336 Å². The summed E-state index contributed by atoms with van der Waals surface area (Å²) in [5, 5.41) is 24.3. The molecule has 1 aliphatic rings. The van der Waals surface area contributed by atoms with Gasteiger partial charge in [-0.2, -0.15) is 8.78 Å². The van der Waals surface area contributed by atoms with E-state index in [1.807, 2.05) is 54.6 Å². The quantitative estimate of drug-likeness (QED) is 0.0426. The molecule has 0 saturated carbocycles. The predicted octanol–water partition coefficient (Wildman–Crippen LogP) is 8.89. The van der Waals surface area contributed by atoms with Crippen molar-refractivity contribution >= 4 is 11.9 Å². The zero-order valence-corrected chi connectivity index (χ0v) is 32.0. The van der Waals surface area contributed by atoms with Crippen LogP contribution in [-0.4, -0.2) is 60.8 Å². The molecule has 5 aromatic carbocycles. The molecule has 1 fully saturated rings. The van der Waals surface area contributed by atoms with Gasteiger partial charge in [-0.05, 0) is 59.4 Å². The van der Waals surface area contributed by atoms with E-state index < -0.39 is 29.6 Å². The first-order chi connectivity index (χ1) is 28.3. The van der Waals surface area contributed by atoms with Gasteiger partial charge >= 0.3 is 11.9 Å². The summed E-state index contributed by atoms with van der Waals surface area (Å²) in [6.07, 6.45) is 5.35. The lowest BCUT2D eigenvalue weighted by Gasteiger charge is -2.34. The van der Waals surface area contributed by atoms with Gasteiger partial charge in [-0.3, -0.25) is 4.79 Å². The molecule has 1 N–H and O–H groups in total. The number of rotatable bonds is 17. The SMILES string of the molecule is O=C(O[C@H](C=C[C@H]1CCC(=O)N1CCCCCCc1nnn(C(c2ccccc2)(c2ccccc2)c2ccccc2)n1)C(F)(F)c1ccccc1)c1ccccc1O. The minimum atomic E-state index is -3.59. The van der Waals surface area contributed by atoms with Crippen LogP contribution < -0.4 is 0 Å². The summed E-state index contributed by atoms with van der Waals surface area (Å²) >= 11 is 0. The number of hydrogen-bond donors (Lipinski definition) is 1. The number of aryl methyl sites for hydroxylation is 1. The monoisotopic (exact) mass is 781 g/mol. The van der Waals surface area contributed by atoms with Crippen LogP contribution in [0.1, 0.15) is 77.0 Å². The van der Waals surface area contributed by atoms with Gasteiger partial charge < -0.3 is 14.7 Å². The third-order valence-electron chi connectivity index (χ3n) is 10.6. The van der Waals surface area contributed by atoms with E-state index in [0.717, 1.165) is 42.4 Å². The number of para-hydroxylation sites is 1. The van der Waals surface area contributed by atoms with E-state index in [-0.39, 0.29) is 22.8 Å². The number of carbonyl (C=O) groups is 2. The molecular weight excluding hydrogens is 737 g/mol. The lowest BCUT2D eigenvalue weighted by Crippen LogP contribution is -2.39. The number of amides is 1. The number of likely N-dealkylation sites (tertiary alicyclic amines) is 1. The van der Waals surface area contributed by atoms with E-state index in [1.165, 1.54) is 54.6 Å². The summed E-state index contributed by atoms with van der Waals surface area (Å²) in [7, 11) is 0. The summed E-state index contributed by atoms with van der Waals surface area (Å²) in [6.45, 7) is 0.466. The largest absolute Gasteiger partial charge is 0.507 e. The van der Waals surface area contributed by atoms with Gasteiger partial charge in [-0.1, -0.05) is 152 Å². The van der Waals surface area contributed by atoms with Gasteiger partial charge in [0.25, 0.3) is 0 Å². The number of carbonyl (C=O) groups excluding carboxylic acids is 2. The van der Waals surface area contributed by atoms with Crippen molar-refractivity contribution in [2.24, 2.45) is 0 Å². The molecule has 6 aromatic rings. The van der Waals surface area contributed by atoms with Gasteiger partial charge in [0.15, 0.2) is 17.5 Å². The van der Waals surface area contributed by atoms with Gasteiger partial charge in [0.1, 0.15) is 11.3 Å². The average molecular weight is 782 g/mol. The van der Waals surface area contributed by atoms with Crippen LogP contribution in [-0.2, 0) is 27.4 Å². The summed E-state index contributed by atoms with van der Waals surface area (Å²) in [4.78, 5) is 29.4. The van der Waals surface area contributed by atoms with E-state index in [1.54, 1.807) is 21.8 Å². The maximum atomic E-state index is 15.9. The second kappa shape index (κ2) is 18.2. The number of alkyl halides is 2. The van der Waals surface area contributed by atoms with Crippen molar-refractivity contribution in [3.05, 3.63) is 191 Å². The maximum absolute atomic E-state index is 15.9. The van der Waals surface area contributed by atoms with Crippen LogP contribution in [0.5, 0.6) is 5.75 Å². The molecular formula is C47H45F2N5O4. The van der Waals surface area contributed by atoms with E-state index in [9.17, 15) is 14.7 Å². The predicted molar refractivity (Wildman–Crippen MR) is 216 cm³/mol. The van der Waals surface area contributed by atoms with Crippen LogP contribution >= 0.6 is 0 Å². The highest BCUT2D eigenvalue weighted by atomic mass is 19.3. The van der Waals surface area contributed by atoms with Crippen LogP contribution in [0.4, 0.5) is 8.78 Å². The fourth-order valence-corrected chi connectivity index (χ4v) is 7.65. The van der Waals surface area contributed by atoms with E-state index in [4.69, 9.17) is 9.84 Å². The van der Waals surface area contributed by atoms with Gasteiger partial charge in [0.2, 0.25) is 5.91 Å². The van der Waals surface area contributed by atoms with Crippen molar-refractivity contribution in [2.75, 3.05) is 6.54 Å². The smallest absolute Gasteiger partial charge is 0.342 e. The number of aromatic nitrogens is 4. The Morgan fingerprint density at radius 1 is 0.759 bits per heavy atom. The van der Waals surface area contributed by atoms with E-state index in [2.05, 4.69) is 46.7 Å². The Morgan fingerprint density at radius 3 is 1.88 bits per heavy atom. The Morgan fingerprint density at radius 2 is 1.29 bits per heavy atom. The lowest BCUT2D eigenvalue weighted by atomic mass is 9.77. The fourth-order valence-electron chi connectivity index (χ4n) is 7.65. The third kappa shape index (κ3) is 8.58. The van der Waals surface area contributed by atoms with Crippen LogP contribution in [0.3, 0.4) is 0 Å². The number of phenolic OH excluding ortho intramolecular Hbond substituents is 1. The highest BCUT2D eigenvalue weighted by Crippen LogP contribution is 2.40. The third-order valence-corrected chi connectivity index (χ3v) is 10.6. The number of phenols is 1. The highest BCUT2D eigenvalue weighted by Gasteiger charge is 2.44. The zero-order valence-electron chi connectivity index (χ0n) is 32.0. The summed E-state index contributed by atoms with van der Waals surface area (Å²) in [5.74, 6) is -4.45. The van der Waals surface area contributed by atoms with Crippen molar-refractivity contribution in [2.45, 2.75) is 68.6 Å². The molecule has 1 aromatic heterocycles. The number of hydrogen-bond acceptors (Lipinski definition) is 7. The van der Waals surface area contributed by atoms with Crippen molar-refractivity contribution in [1.82, 2.24) is 25.1 Å². The summed E-state index contributed by atoms with van der Waals surface area (Å²) in [5.41, 5.74) is 1.64. The molecule has 58 heavy (non-hydrogen) atoms. The number of ether oxygens (including phenoxy) is 1. The molecule has 9 nitrogen and oxygen atoms in total.